The fourth-order valence-corrected chi connectivity index (χ4v) is 2.75. The molecule has 2 unspecified atom stereocenters. The van der Waals surface area contributed by atoms with Crippen LogP contribution in [0.15, 0.2) is 0 Å². The van der Waals surface area contributed by atoms with Gasteiger partial charge in [-0.3, -0.25) is 4.79 Å². The van der Waals surface area contributed by atoms with E-state index in [0.29, 0.717) is 18.8 Å². The van der Waals surface area contributed by atoms with Crippen LogP contribution in [0.5, 0.6) is 0 Å². The molecule has 1 rings (SSSR count). The number of carboxylic acids is 1. The van der Waals surface area contributed by atoms with Crippen LogP contribution in [0.4, 0.5) is 0 Å². The van der Waals surface area contributed by atoms with E-state index < -0.39 is 12.1 Å². The average Bonchev–Trinajstić information content (AvgIpc) is 2.69. The molecular weight excluding hydrogens is 204 g/mol. The Bertz CT molecular complexity index is 209. The zero-order valence-corrected chi connectivity index (χ0v) is 10.2. The molecule has 0 heterocycles. The first-order valence-electron chi connectivity index (χ1n) is 6.54. The molecular formula is C13H24O3. The van der Waals surface area contributed by atoms with Gasteiger partial charge >= 0.3 is 5.97 Å². The van der Waals surface area contributed by atoms with Crippen molar-refractivity contribution in [1.29, 1.82) is 0 Å². The van der Waals surface area contributed by atoms with Crippen molar-refractivity contribution in [2.24, 2.45) is 11.8 Å². The minimum Gasteiger partial charge on any atom is -0.481 e. The highest BCUT2D eigenvalue weighted by atomic mass is 16.4. The number of aliphatic carboxylic acids is 1. The van der Waals surface area contributed by atoms with Gasteiger partial charge in [0.05, 0.1) is 12.0 Å². The number of hydrogen-bond acceptors (Lipinski definition) is 2. The molecule has 94 valence electrons. The molecule has 16 heavy (non-hydrogen) atoms. The molecule has 2 atom stereocenters. The van der Waals surface area contributed by atoms with Gasteiger partial charge in [0.25, 0.3) is 0 Å². The summed E-state index contributed by atoms with van der Waals surface area (Å²) in [6.45, 7) is 1.99. The number of aliphatic hydroxyl groups excluding tert-OH is 1. The van der Waals surface area contributed by atoms with Crippen LogP contribution in [0, 0.1) is 11.8 Å². The molecule has 0 amide bonds. The Morgan fingerprint density at radius 3 is 2.50 bits per heavy atom. The topological polar surface area (TPSA) is 57.5 Å². The van der Waals surface area contributed by atoms with E-state index in [9.17, 15) is 9.90 Å². The lowest BCUT2D eigenvalue weighted by Gasteiger charge is -2.19. The Morgan fingerprint density at radius 1 is 1.38 bits per heavy atom. The number of carboxylic acid groups (broad SMARTS) is 1. The Balaban J connectivity index is 2.29. The predicted molar refractivity (Wildman–Crippen MR) is 63.2 cm³/mol. The molecule has 1 fully saturated rings. The summed E-state index contributed by atoms with van der Waals surface area (Å²) in [6.07, 6.45) is 7.32. The van der Waals surface area contributed by atoms with Gasteiger partial charge < -0.3 is 10.2 Å². The molecule has 0 aromatic rings. The van der Waals surface area contributed by atoms with Gasteiger partial charge in [-0.1, -0.05) is 39.0 Å². The first-order chi connectivity index (χ1) is 7.63. The summed E-state index contributed by atoms with van der Waals surface area (Å²) in [5, 5.41) is 18.9. The third-order valence-corrected chi connectivity index (χ3v) is 3.62. The van der Waals surface area contributed by atoms with Crippen molar-refractivity contribution in [2.75, 3.05) is 0 Å². The Morgan fingerprint density at radius 2 is 2.00 bits per heavy atom. The molecule has 0 radical (unpaired) electrons. The van der Waals surface area contributed by atoms with Crippen molar-refractivity contribution in [1.82, 2.24) is 0 Å². The van der Waals surface area contributed by atoms with E-state index in [0.717, 1.165) is 12.8 Å². The maximum Gasteiger partial charge on any atom is 0.306 e. The second-order valence-electron chi connectivity index (χ2n) is 5.10. The van der Waals surface area contributed by atoms with Crippen molar-refractivity contribution < 1.29 is 15.0 Å². The van der Waals surface area contributed by atoms with Crippen molar-refractivity contribution in [3.63, 3.8) is 0 Å². The quantitative estimate of drug-likeness (QED) is 0.704. The second-order valence-corrected chi connectivity index (χ2v) is 5.10. The van der Waals surface area contributed by atoms with E-state index in [1.807, 2.05) is 6.92 Å². The molecule has 1 aliphatic rings. The summed E-state index contributed by atoms with van der Waals surface area (Å²) >= 11 is 0. The van der Waals surface area contributed by atoms with Gasteiger partial charge in [0.1, 0.15) is 0 Å². The molecule has 0 spiro atoms. The van der Waals surface area contributed by atoms with E-state index >= 15 is 0 Å². The summed E-state index contributed by atoms with van der Waals surface area (Å²) in [4.78, 5) is 11.0. The molecule has 3 heteroatoms. The molecule has 2 N–H and O–H groups in total. The zero-order valence-electron chi connectivity index (χ0n) is 10.2. The smallest absolute Gasteiger partial charge is 0.306 e. The van der Waals surface area contributed by atoms with E-state index in [4.69, 9.17) is 5.11 Å². The summed E-state index contributed by atoms with van der Waals surface area (Å²) < 4.78 is 0. The SMILES string of the molecule is CCCC(CC(O)CC1CCCC1)C(=O)O. The minimum absolute atomic E-state index is 0.360. The number of carbonyl (C=O) groups is 1. The number of hydrogen-bond donors (Lipinski definition) is 2. The van der Waals surface area contributed by atoms with Crippen LogP contribution in [0.3, 0.4) is 0 Å². The van der Waals surface area contributed by atoms with Crippen LogP contribution in [-0.4, -0.2) is 22.3 Å². The fourth-order valence-electron chi connectivity index (χ4n) is 2.75. The highest BCUT2D eigenvalue weighted by molar-refractivity contribution is 5.69. The van der Waals surface area contributed by atoms with Crippen LogP contribution in [0.25, 0.3) is 0 Å². The fraction of sp³-hybridized carbons (Fsp3) is 0.923. The molecule has 0 aromatic heterocycles. The second kappa shape index (κ2) is 6.89. The van der Waals surface area contributed by atoms with E-state index in [1.165, 1.54) is 25.7 Å². The van der Waals surface area contributed by atoms with Gasteiger partial charge in [0, 0.05) is 0 Å². The summed E-state index contributed by atoms with van der Waals surface area (Å²) in [5.74, 6) is -0.486. The van der Waals surface area contributed by atoms with E-state index in [2.05, 4.69) is 0 Å². The third-order valence-electron chi connectivity index (χ3n) is 3.62. The molecule has 1 aliphatic carbocycles. The van der Waals surface area contributed by atoms with Crippen LogP contribution >= 0.6 is 0 Å². The van der Waals surface area contributed by atoms with Crippen molar-refractivity contribution >= 4 is 5.97 Å². The van der Waals surface area contributed by atoms with Crippen LogP contribution in [-0.2, 0) is 4.79 Å². The summed E-state index contributed by atoms with van der Waals surface area (Å²) in [6, 6.07) is 0. The van der Waals surface area contributed by atoms with Gasteiger partial charge in [-0.15, -0.1) is 0 Å². The maximum atomic E-state index is 11.0. The minimum atomic E-state index is -0.757. The monoisotopic (exact) mass is 228 g/mol. The van der Waals surface area contributed by atoms with E-state index in [1.54, 1.807) is 0 Å². The average molecular weight is 228 g/mol. The van der Waals surface area contributed by atoms with Crippen LogP contribution in [0.1, 0.15) is 58.3 Å². The highest BCUT2D eigenvalue weighted by Gasteiger charge is 2.24. The molecule has 0 saturated heterocycles. The van der Waals surface area contributed by atoms with Crippen LogP contribution in [0.2, 0.25) is 0 Å². The predicted octanol–water partition coefficient (Wildman–Crippen LogP) is 2.82. The molecule has 0 bridgehead atoms. The Labute approximate surface area is 97.9 Å². The molecule has 1 saturated carbocycles. The number of rotatable bonds is 7. The van der Waals surface area contributed by atoms with Gasteiger partial charge in [-0.05, 0) is 25.2 Å². The Hall–Kier alpha value is -0.570. The molecule has 3 nitrogen and oxygen atoms in total. The van der Waals surface area contributed by atoms with Crippen LogP contribution < -0.4 is 0 Å². The summed E-state index contributed by atoms with van der Waals surface area (Å²) in [5.41, 5.74) is 0. The normalized spacial score (nSPS) is 20.9. The zero-order chi connectivity index (χ0) is 12.0. The first-order valence-corrected chi connectivity index (χ1v) is 6.54. The Kier molecular flexibility index (Phi) is 5.81. The van der Waals surface area contributed by atoms with Gasteiger partial charge in [0.2, 0.25) is 0 Å². The maximum absolute atomic E-state index is 11.0. The van der Waals surface area contributed by atoms with Crippen molar-refractivity contribution in [3.8, 4) is 0 Å². The van der Waals surface area contributed by atoms with Crippen molar-refractivity contribution in [3.05, 3.63) is 0 Å². The lowest BCUT2D eigenvalue weighted by molar-refractivity contribution is -0.143. The molecule has 0 aliphatic heterocycles. The largest absolute Gasteiger partial charge is 0.481 e. The summed E-state index contributed by atoms with van der Waals surface area (Å²) in [7, 11) is 0. The van der Waals surface area contributed by atoms with E-state index in [-0.39, 0.29) is 5.92 Å². The van der Waals surface area contributed by atoms with Crippen molar-refractivity contribution in [2.45, 2.75) is 64.4 Å². The highest BCUT2D eigenvalue weighted by Crippen LogP contribution is 2.30. The number of aliphatic hydroxyl groups is 1. The first kappa shape index (κ1) is 13.5. The van der Waals surface area contributed by atoms with Gasteiger partial charge in [-0.25, -0.2) is 0 Å². The van der Waals surface area contributed by atoms with Gasteiger partial charge in [-0.2, -0.15) is 0 Å². The lowest BCUT2D eigenvalue weighted by Crippen LogP contribution is -2.22. The third kappa shape index (κ3) is 4.52. The standard InChI is InChI=1S/C13H24O3/c1-2-5-11(13(15)16)9-12(14)8-10-6-3-4-7-10/h10-12,14H,2-9H2,1H3,(H,15,16). The lowest BCUT2D eigenvalue weighted by atomic mass is 9.91. The van der Waals surface area contributed by atoms with Gasteiger partial charge in [0.15, 0.2) is 0 Å². The molecule has 0 aromatic carbocycles.